The minimum absolute atomic E-state index is 0.268. The van der Waals surface area contributed by atoms with Gasteiger partial charge in [0.25, 0.3) is 0 Å². The molecule has 8 heteroatoms. The Bertz CT molecular complexity index is 524. The van der Waals surface area contributed by atoms with Crippen LogP contribution in [0.15, 0.2) is 29.2 Å². The molecule has 4 nitrogen and oxygen atoms in total. The third-order valence-electron chi connectivity index (χ3n) is 2.52. The van der Waals surface area contributed by atoms with Crippen LogP contribution in [-0.4, -0.2) is 26.2 Å². The first-order valence-corrected chi connectivity index (χ1v) is 7.00. The highest BCUT2D eigenvalue weighted by atomic mass is 32.2. The van der Waals surface area contributed by atoms with Gasteiger partial charge in [-0.15, -0.1) is 0 Å². The van der Waals surface area contributed by atoms with Crippen molar-refractivity contribution < 1.29 is 26.7 Å². The number of hydrogen-bond acceptors (Lipinski definition) is 3. The lowest BCUT2D eigenvalue weighted by atomic mass is 10.2. The SMILES string of the molecule is CC[C@@H](CO)NS(=O)(=O)c1ccccc1C(F)(F)F. The number of rotatable bonds is 5. The molecule has 0 spiro atoms. The number of aliphatic hydroxyl groups is 1. The molecule has 0 amide bonds. The molecule has 0 heterocycles. The summed E-state index contributed by atoms with van der Waals surface area (Å²) in [7, 11) is -4.33. The van der Waals surface area contributed by atoms with Gasteiger partial charge in [-0.3, -0.25) is 0 Å². The Morgan fingerprint density at radius 1 is 1.32 bits per heavy atom. The first-order chi connectivity index (χ1) is 8.72. The van der Waals surface area contributed by atoms with E-state index in [2.05, 4.69) is 0 Å². The molecular formula is C11H14F3NO3S. The van der Waals surface area contributed by atoms with Crippen molar-refractivity contribution in [3.05, 3.63) is 29.8 Å². The quantitative estimate of drug-likeness (QED) is 0.870. The number of alkyl halides is 3. The molecule has 1 aromatic carbocycles. The largest absolute Gasteiger partial charge is 0.417 e. The average molecular weight is 297 g/mol. The molecular weight excluding hydrogens is 283 g/mol. The summed E-state index contributed by atoms with van der Waals surface area (Å²) < 4.78 is 64.1. The van der Waals surface area contributed by atoms with Crippen molar-refractivity contribution in [1.29, 1.82) is 0 Å². The number of nitrogens with one attached hydrogen (secondary N) is 1. The number of halogens is 3. The first-order valence-electron chi connectivity index (χ1n) is 5.51. The van der Waals surface area contributed by atoms with Crippen LogP contribution >= 0.6 is 0 Å². The fraction of sp³-hybridized carbons (Fsp3) is 0.455. The van der Waals surface area contributed by atoms with Gasteiger partial charge in [-0.05, 0) is 18.6 Å². The van der Waals surface area contributed by atoms with Gasteiger partial charge in [-0.1, -0.05) is 19.1 Å². The summed E-state index contributed by atoms with van der Waals surface area (Å²) in [6, 6.07) is 3.10. The number of sulfonamides is 1. The van der Waals surface area contributed by atoms with Crippen LogP contribution in [0.3, 0.4) is 0 Å². The van der Waals surface area contributed by atoms with Crippen molar-refractivity contribution >= 4 is 10.0 Å². The summed E-state index contributed by atoms with van der Waals surface area (Å²) in [6.07, 6.45) is -4.49. The minimum atomic E-state index is -4.76. The molecule has 0 aliphatic heterocycles. The topological polar surface area (TPSA) is 66.4 Å². The lowest BCUT2D eigenvalue weighted by Crippen LogP contribution is -2.37. The summed E-state index contributed by atoms with van der Waals surface area (Å²) in [6.45, 7) is 1.13. The van der Waals surface area contributed by atoms with E-state index in [0.29, 0.717) is 6.07 Å². The Kier molecular flexibility index (Phi) is 4.94. The molecule has 0 saturated heterocycles. The molecule has 1 aromatic rings. The maximum Gasteiger partial charge on any atom is 0.417 e. The van der Waals surface area contributed by atoms with Gasteiger partial charge >= 0.3 is 6.18 Å². The molecule has 19 heavy (non-hydrogen) atoms. The molecule has 0 aromatic heterocycles. The van der Waals surface area contributed by atoms with Crippen LogP contribution in [0.4, 0.5) is 13.2 Å². The van der Waals surface area contributed by atoms with Gasteiger partial charge in [0.2, 0.25) is 10.0 Å². The monoisotopic (exact) mass is 297 g/mol. The van der Waals surface area contributed by atoms with Crippen LogP contribution in [0.1, 0.15) is 18.9 Å². The van der Waals surface area contributed by atoms with E-state index in [1.165, 1.54) is 6.07 Å². The predicted octanol–water partition coefficient (Wildman–Crippen LogP) is 1.75. The maximum atomic E-state index is 12.7. The molecule has 0 aliphatic carbocycles. The van der Waals surface area contributed by atoms with Gasteiger partial charge in [0.05, 0.1) is 17.1 Å². The van der Waals surface area contributed by atoms with Gasteiger partial charge in [0.15, 0.2) is 0 Å². The standard InChI is InChI=1S/C11H14F3NO3S/c1-2-8(7-16)15-19(17,18)10-6-4-3-5-9(10)11(12,13)14/h3-6,8,15-16H,2,7H2,1H3/t8-/m0/s1. The Morgan fingerprint density at radius 2 is 1.89 bits per heavy atom. The Labute approximate surface area is 109 Å². The highest BCUT2D eigenvalue weighted by Crippen LogP contribution is 2.33. The summed E-state index contributed by atoms with van der Waals surface area (Å²) in [5.41, 5.74) is -1.23. The lowest BCUT2D eigenvalue weighted by Gasteiger charge is -2.17. The first kappa shape index (κ1) is 15.9. The summed E-state index contributed by atoms with van der Waals surface area (Å²) >= 11 is 0. The number of benzene rings is 1. The van der Waals surface area contributed by atoms with Crippen molar-refractivity contribution in [2.24, 2.45) is 0 Å². The van der Waals surface area contributed by atoms with Crippen LogP contribution in [0, 0.1) is 0 Å². The summed E-state index contributed by atoms with van der Waals surface area (Å²) in [5.74, 6) is 0. The fourth-order valence-corrected chi connectivity index (χ4v) is 3.01. The second-order valence-electron chi connectivity index (χ2n) is 3.90. The van der Waals surface area contributed by atoms with E-state index in [4.69, 9.17) is 5.11 Å². The molecule has 0 aliphatic rings. The normalized spacial score (nSPS) is 14.4. The van der Waals surface area contributed by atoms with E-state index in [-0.39, 0.29) is 6.42 Å². The van der Waals surface area contributed by atoms with Gasteiger partial charge < -0.3 is 5.11 Å². The Balaban J connectivity index is 3.23. The zero-order chi connectivity index (χ0) is 14.7. The van der Waals surface area contributed by atoms with Crippen LogP contribution in [0.5, 0.6) is 0 Å². The summed E-state index contributed by atoms with van der Waals surface area (Å²) in [5, 5.41) is 8.92. The second kappa shape index (κ2) is 5.89. The van der Waals surface area contributed by atoms with Gasteiger partial charge in [0.1, 0.15) is 0 Å². The average Bonchev–Trinajstić information content (AvgIpc) is 2.35. The molecule has 0 fully saturated rings. The predicted molar refractivity (Wildman–Crippen MR) is 62.9 cm³/mol. The zero-order valence-corrected chi connectivity index (χ0v) is 10.9. The van der Waals surface area contributed by atoms with Crippen LogP contribution in [0.25, 0.3) is 0 Å². The van der Waals surface area contributed by atoms with Crippen molar-refractivity contribution in [3.8, 4) is 0 Å². The van der Waals surface area contributed by atoms with Crippen LogP contribution in [0.2, 0.25) is 0 Å². The van der Waals surface area contributed by atoms with Crippen molar-refractivity contribution in [1.82, 2.24) is 4.72 Å². The highest BCUT2D eigenvalue weighted by Gasteiger charge is 2.37. The Hall–Kier alpha value is -1.12. The maximum absolute atomic E-state index is 12.7. The fourth-order valence-electron chi connectivity index (χ4n) is 1.47. The molecule has 0 radical (unpaired) electrons. The van der Waals surface area contributed by atoms with Crippen molar-refractivity contribution in [2.75, 3.05) is 6.61 Å². The second-order valence-corrected chi connectivity index (χ2v) is 5.59. The van der Waals surface area contributed by atoms with E-state index in [9.17, 15) is 21.6 Å². The smallest absolute Gasteiger partial charge is 0.395 e. The van der Waals surface area contributed by atoms with Crippen molar-refractivity contribution in [3.63, 3.8) is 0 Å². The molecule has 0 unspecified atom stereocenters. The molecule has 1 rings (SSSR count). The third-order valence-corrected chi connectivity index (χ3v) is 4.10. The van der Waals surface area contributed by atoms with E-state index < -0.39 is 39.3 Å². The van der Waals surface area contributed by atoms with Gasteiger partial charge in [-0.2, -0.15) is 13.2 Å². The Morgan fingerprint density at radius 3 is 2.37 bits per heavy atom. The van der Waals surface area contributed by atoms with E-state index in [1.807, 2.05) is 4.72 Å². The third kappa shape index (κ3) is 3.92. The van der Waals surface area contributed by atoms with E-state index in [1.54, 1.807) is 6.92 Å². The van der Waals surface area contributed by atoms with Gasteiger partial charge in [0, 0.05) is 6.04 Å². The molecule has 2 N–H and O–H groups in total. The zero-order valence-electron chi connectivity index (χ0n) is 10.1. The van der Waals surface area contributed by atoms with E-state index >= 15 is 0 Å². The van der Waals surface area contributed by atoms with Crippen LogP contribution < -0.4 is 4.72 Å². The van der Waals surface area contributed by atoms with Crippen molar-refractivity contribution in [2.45, 2.75) is 30.5 Å². The van der Waals surface area contributed by atoms with E-state index in [0.717, 1.165) is 12.1 Å². The minimum Gasteiger partial charge on any atom is -0.395 e. The number of aliphatic hydroxyl groups excluding tert-OH is 1. The molecule has 108 valence electrons. The van der Waals surface area contributed by atoms with Crippen LogP contribution in [-0.2, 0) is 16.2 Å². The van der Waals surface area contributed by atoms with Gasteiger partial charge in [-0.25, -0.2) is 13.1 Å². The summed E-state index contributed by atoms with van der Waals surface area (Å²) in [4.78, 5) is -0.839. The lowest BCUT2D eigenvalue weighted by molar-refractivity contribution is -0.139. The molecule has 1 atom stereocenters. The number of hydrogen-bond donors (Lipinski definition) is 2. The highest BCUT2D eigenvalue weighted by molar-refractivity contribution is 7.89. The molecule has 0 bridgehead atoms. The molecule has 0 saturated carbocycles.